The van der Waals surface area contributed by atoms with Crippen molar-refractivity contribution < 1.29 is 9.53 Å². The molecule has 2 rings (SSSR count). The van der Waals surface area contributed by atoms with Crippen molar-refractivity contribution in [2.75, 3.05) is 7.11 Å². The van der Waals surface area contributed by atoms with E-state index in [9.17, 15) is 9.59 Å². The minimum absolute atomic E-state index is 0.0599. The van der Waals surface area contributed by atoms with Crippen LogP contribution in [-0.4, -0.2) is 33.1 Å². The normalized spacial score (nSPS) is 10.4. The van der Waals surface area contributed by atoms with Gasteiger partial charge in [-0.25, -0.2) is 4.79 Å². The number of ether oxygens (including phenoxy) is 1. The Hall–Kier alpha value is -1.96. The van der Waals surface area contributed by atoms with Crippen molar-refractivity contribution >= 4 is 17.3 Å². The molecular formula is C8H8N4O3S. The molecule has 0 saturated heterocycles. The number of esters is 1. The fourth-order valence-electron chi connectivity index (χ4n) is 1.14. The van der Waals surface area contributed by atoms with Crippen molar-refractivity contribution in [1.82, 2.24) is 20.0 Å². The van der Waals surface area contributed by atoms with Crippen LogP contribution < -0.4 is 5.56 Å². The Balaban J connectivity index is 2.49. The number of carbonyl (C=O) groups excluding carboxylic acids is 1. The second-order valence-corrected chi connectivity index (χ2v) is 4.08. The number of nitrogens with zero attached hydrogens (tertiary/aromatic N) is 3. The molecule has 0 aromatic carbocycles. The molecule has 2 aromatic heterocycles. The quantitative estimate of drug-likeness (QED) is 0.752. The molecule has 0 aliphatic carbocycles. The third kappa shape index (κ3) is 1.63. The zero-order chi connectivity index (χ0) is 11.7. The van der Waals surface area contributed by atoms with Crippen molar-refractivity contribution in [1.29, 1.82) is 0 Å². The van der Waals surface area contributed by atoms with E-state index < -0.39 is 11.5 Å². The van der Waals surface area contributed by atoms with E-state index in [1.807, 2.05) is 0 Å². The molecular weight excluding hydrogens is 232 g/mol. The van der Waals surface area contributed by atoms with Gasteiger partial charge in [0.05, 0.1) is 7.11 Å². The molecule has 0 radical (unpaired) electrons. The summed E-state index contributed by atoms with van der Waals surface area (Å²) in [7, 11) is 1.22. The number of aryl methyl sites for hydroxylation is 1. The van der Waals surface area contributed by atoms with Gasteiger partial charge in [0.15, 0.2) is 0 Å². The summed E-state index contributed by atoms with van der Waals surface area (Å²) in [5.74, 6) is -0.679. The lowest BCUT2D eigenvalue weighted by Crippen LogP contribution is -2.20. The van der Waals surface area contributed by atoms with Gasteiger partial charge in [-0.1, -0.05) is 11.3 Å². The Bertz CT molecular complexity index is 582. The zero-order valence-corrected chi connectivity index (χ0v) is 9.37. The number of rotatable bonds is 2. The predicted octanol–water partition coefficient (Wildman–Crippen LogP) is 0.112. The van der Waals surface area contributed by atoms with Crippen LogP contribution in [0.15, 0.2) is 11.0 Å². The molecule has 2 aromatic rings. The zero-order valence-electron chi connectivity index (χ0n) is 8.55. The number of aromatic amines is 1. The highest BCUT2D eigenvalue weighted by molar-refractivity contribution is 7.13. The highest BCUT2D eigenvalue weighted by atomic mass is 32.1. The Morgan fingerprint density at radius 1 is 1.56 bits per heavy atom. The number of hydrogen-bond acceptors (Lipinski definition) is 6. The van der Waals surface area contributed by atoms with Crippen molar-refractivity contribution in [2.24, 2.45) is 0 Å². The first-order valence-corrected chi connectivity index (χ1v) is 5.14. The SMILES string of the molecule is COC(=O)c1c[nH]n(-c2nnc(C)s2)c1=O. The molecule has 1 N–H and O–H groups in total. The molecule has 0 saturated carbocycles. The van der Waals surface area contributed by atoms with E-state index in [0.717, 1.165) is 9.69 Å². The maximum absolute atomic E-state index is 11.7. The third-order valence-corrected chi connectivity index (χ3v) is 2.71. The Morgan fingerprint density at radius 3 is 2.88 bits per heavy atom. The van der Waals surface area contributed by atoms with Gasteiger partial charge in [-0.15, -0.1) is 10.2 Å². The second kappa shape index (κ2) is 3.89. The number of H-pyrrole nitrogens is 1. The number of nitrogens with one attached hydrogen (secondary N) is 1. The van der Waals surface area contributed by atoms with E-state index in [1.165, 1.54) is 24.6 Å². The largest absolute Gasteiger partial charge is 0.465 e. The van der Waals surface area contributed by atoms with Gasteiger partial charge in [0.1, 0.15) is 10.6 Å². The molecule has 84 valence electrons. The lowest BCUT2D eigenvalue weighted by atomic mass is 10.4. The Labute approximate surface area is 93.7 Å². The molecule has 0 atom stereocenters. The smallest absolute Gasteiger partial charge is 0.345 e. The molecule has 0 fully saturated rings. The van der Waals surface area contributed by atoms with Crippen molar-refractivity contribution in [3.8, 4) is 5.13 Å². The first kappa shape index (κ1) is 10.6. The van der Waals surface area contributed by atoms with Gasteiger partial charge in [0.2, 0.25) is 5.13 Å². The summed E-state index contributed by atoms with van der Waals surface area (Å²) >= 11 is 1.25. The van der Waals surface area contributed by atoms with Crippen LogP contribution in [-0.2, 0) is 4.74 Å². The van der Waals surface area contributed by atoms with Crippen molar-refractivity contribution in [3.63, 3.8) is 0 Å². The Kier molecular flexibility index (Phi) is 2.57. The molecule has 8 heteroatoms. The van der Waals surface area contributed by atoms with E-state index in [4.69, 9.17) is 0 Å². The van der Waals surface area contributed by atoms with Crippen molar-refractivity contribution in [2.45, 2.75) is 6.92 Å². The summed E-state index contributed by atoms with van der Waals surface area (Å²) in [5.41, 5.74) is -0.557. The van der Waals surface area contributed by atoms with E-state index in [2.05, 4.69) is 20.0 Å². The molecule has 0 bridgehead atoms. The van der Waals surface area contributed by atoms with Crippen LogP contribution in [0.3, 0.4) is 0 Å². The third-order valence-electron chi connectivity index (χ3n) is 1.88. The van der Waals surface area contributed by atoms with Gasteiger partial charge in [-0.3, -0.25) is 9.89 Å². The molecule has 0 amide bonds. The van der Waals surface area contributed by atoms with Gasteiger partial charge in [-0.2, -0.15) is 4.68 Å². The van der Waals surface area contributed by atoms with Crippen LogP contribution in [0.1, 0.15) is 15.4 Å². The molecule has 0 aliphatic rings. The van der Waals surface area contributed by atoms with Gasteiger partial charge in [0.25, 0.3) is 5.56 Å². The predicted molar refractivity (Wildman–Crippen MR) is 55.9 cm³/mol. The number of aromatic nitrogens is 4. The highest BCUT2D eigenvalue weighted by Crippen LogP contribution is 2.10. The van der Waals surface area contributed by atoms with Crippen LogP contribution in [0.2, 0.25) is 0 Å². The fraction of sp³-hybridized carbons (Fsp3) is 0.250. The minimum atomic E-state index is -0.679. The highest BCUT2D eigenvalue weighted by Gasteiger charge is 2.17. The summed E-state index contributed by atoms with van der Waals surface area (Å²) in [6, 6.07) is 0. The fourth-order valence-corrected chi connectivity index (χ4v) is 1.80. The molecule has 7 nitrogen and oxygen atoms in total. The van der Waals surface area contributed by atoms with Gasteiger partial charge in [-0.05, 0) is 6.92 Å². The minimum Gasteiger partial charge on any atom is -0.465 e. The number of carbonyl (C=O) groups is 1. The molecule has 0 unspecified atom stereocenters. The van der Waals surface area contributed by atoms with Crippen LogP contribution in [0.25, 0.3) is 5.13 Å². The summed E-state index contributed by atoms with van der Waals surface area (Å²) in [6.45, 7) is 1.77. The first-order valence-electron chi connectivity index (χ1n) is 4.32. The lowest BCUT2D eigenvalue weighted by molar-refractivity contribution is 0.0599. The summed E-state index contributed by atoms with van der Waals surface area (Å²) in [4.78, 5) is 22.9. The molecule has 0 spiro atoms. The maximum atomic E-state index is 11.7. The van der Waals surface area contributed by atoms with Gasteiger partial charge < -0.3 is 4.74 Å². The van der Waals surface area contributed by atoms with Crippen LogP contribution in [0.4, 0.5) is 0 Å². The van der Waals surface area contributed by atoms with E-state index in [0.29, 0.717) is 5.13 Å². The van der Waals surface area contributed by atoms with Gasteiger partial charge in [0, 0.05) is 6.20 Å². The summed E-state index contributed by atoms with van der Waals surface area (Å²) in [6.07, 6.45) is 1.28. The summed E-state index contributed by atoms with van der Waals surface area (Å²) in [5, 5.41) is 11.3. The van der Waals surface area contributed by atoms with Crippen LogP contribution >= 0.6 is 11.3 Å². The van der Waals surface area contributed by atoms with E-state index in [-0.39, 0.29) is 5.56 Å². The van der Waals surface area contributed by atoms with Crippen LogP contribution in [0.5, 0.6) is 0 Å². The van der Waals surface area contributed by atoms with Crippen molar-refractivity contribution in [3.05, 3.63) is 27.1 Å². The van der Waals surface area contributed by atoms with E-state index in [1.54, 1.807) is 6.92 Å². The Morgan fingerprint density at radius 2 is 2.31 bits per heavy atom. The number of hydrogen-bond donors (Lipinski definition) is 1. The first-order chi connectivity index (χ1) is 7.63. The topological polar surface area (TPSA) is 89.9 Å². The average Bonchev–Trinajstić information content (AvgIpc) is 2.83. The molecule has 2 heterocycles. The second-order valence-electron chi connectivity index (χ2n) is 2.92. The molecule has 0 aliphatic heterocycles. The van der Waals surface area contributed by atoms with Gasteiger partial charge >= 0.3 is 5.97 Å². The van der Waals surface area contributed by atoms with E-state index >= 15 is 0 Å². The average molecular weight is 240 g/mol. The summed E-state index contributed by atoms with van der Waals surface area (Å²) < 4.78 is 5.62. The van der Waals surface area contributed by atoms with Crippen LogP contribution in [0, 0.1) is 6.92 Å². The maximum Gasteiger partial charge on any atom is 0.345 e. The monoisotopic (exact) mass is 240 g/mol. The molecule has 16 heavy (non-hydrogen) atoms. The standard InChI is InChI=1S/C8H8N4O3S/c1-4-10-11-8(16-4)12-6(13)5(3-9-12)7(14)15-2/h3,9H,1-2H3. The lowest BCUT2D eigenvalue weighted by Gasteiger charge is -1.92. The number of methoxy groups -OCH3 is 1.